The predicted octanol–water partition coefficient (Wildman–Crippen LogP) is 0.437. The van der Waals surface area contributed by atoms with Gasteiger partial charge in [0.15, 0.2) is 17.4 Å². The SMILES string of the molecule is COc1ccc(-n2nnc(CC(=O)O)n2)cc1F. The number of rotatable bonds is 4. The highest BCUT2D eigenvalue weighted by Crippen LogP contribution is 2.18. The molecule has 0 spiro atoms. The number of ether oxygens (including phenoxy) is 1. The van der Waals surface area contributed by atoms with Gasteiger partial charge in [-0.05, 0) is 17.3 Å². The molecule has 0 bridgehead atoms. The Morgan fingerprint density at radius 2 is 2.33 bits per heavy atom. The van der Waals surface area contributed by atoms with Crippen molar-refractivity contribution in [3.63, 3.8) is 0 Å². The molecule has 0 radical (unpaired) electrons. The Labute approximate surface area is 101 Å². The fourth-order valence-electron chi connectivity index (χ4n) is 1.34. The van der Waals surface area contributed by atoms with Gasteiger partial charge in [-0.1, -0.05) is 0 Å². The summed E-state index contributed by atoms with van der Waals surface area (Å²) in [5.74, 6) is -1.47. The smallest absolute Gasteiger partial charge is 0.311 e. The minimum Gasteiger partial charge on any atom is -0.494 e. The van der Waals surface area contributed by atoms with Gasteiger partial charge < -0.3 is 9.84 Å². The highest BCUT2D eigenvalue weighted by atomic mass is 19.1. The van der Waals surface area contributed by atoms with E-state index in [1.54, 1.807) is 0 Å². The molecule has 0 atom stereocenters. The quantitative estimate of drug-likeness (QED) is 0.849. The minimum absolute atomic E-state index is 0.0544. The number of halogens is 1. The van der Waals surface area contributed by atoms with Crippen LogP contribution >= 0.6 is 0 Å². The number of aromatic nitrogens is 4. The molecule has 0 unspecified atom stereocenters. The molecule has 0 aliphatic heterocycles. The van der Waals surface area contributed by atoms with Crippen LogP contribution in [0.4, 0.5) is 4.39 Å². The molecule has 0 aliphatic carbocycles. The number of benzene rings is 1. The molecule has 18 heavy (non-hydrogen) atoms. The average Bonchev–Trinajstić information content (AvgIpc) is 2.76. The molecule has 1 N–H and O–H groups in total. The van der Waals surface area contributed by atoms with Crippen LogP contribution < -0.4 is 4.74 Å². The first-order chi connectivity index (χ1) is 8.60. The summed E-state index contributed by atoms with van der Waals surface area (Å²) in [6.07, 6.45) is -0.335. The summed E-state index contributed by atoms with van der Waals surface area (Å²) in [5.41, 5.74) is 0.331. The normalized spacial score (nSPS) is 10.3. The second kappa shape index (κ2) is 4.78. The summed E-state index contributed by atoms with van der Waals surface area (Å²) >= 11 is 0. The summed E-state index contributed by atoms with van der Waals surface area (Å²) < 4.78 is 18.2. The third kappa shape index (κ3) is 2.42. The number of hydrogen-bond donors (Lipinski definition) is 1. The number of carboxylic acid groups (broad SMARTS) is 1. The summed E-state index contributed by atoms with van der Waals surface area (Å²) in [5, 5.41) is 19.6. The zero-order valence-electron chi connectivity index (χ0n) is 9.37. The molecule has 0 saturated heterocycles. The molecule has 94 valence electrons. The van der Waals surface area contributed by atoms with Gasteiger partial charge >= 0.3 is 5.97 Å². The van der Waals surface area contributed by atoms with E-state index >= 15 is 0 Å². The van der Waals surface area contributed by atoms with Crippen molar-refractivity contribution < 1.29 is 19.0 Å². The Hall–Kier alpha value is -2.51. The van der Waals surface area contributed by atoms with Crippen molar-refractivity contribution >= 4 is 5.97 Å². The maximum atomic E-state index is 13.4. The minimum atomic E-state index is -1.06. The van der Waals surface area contributed by atoms with Crippen molar-refractivity contribution in [1.82, 2.24) is 20.2 Å². The van der Waals surface area contributed by atoms with E-state index in [-0.39, 0.29) is 18.0 Å². The van der Waals surface area contributed by atoms with E-state index in [4.69, 9.17) is 9.84 Å². The number of carboxylic acids is 1. The van der Waals surface area contributed by atoms with E-state index in [1.165, 1.54) is 25.3 Å². The molecule has 0 aliphatic rings. The van der Waals surface area contributed by atoms with Crippen molar-refractivity contribution in [2.45, 2.75) is 6.42 Å². The Balaban J connectivity index is 2.28. The second-order valence-electron chi connectivity index (χ2n) is 3.38. The van der Waals surface area contributed by atoms with Crippen LogP contribution in [-0.2, 0) is 11.2 Å². The van der Waals surface area contributed by atoms with Gasteiger partial charge in [-0.15, -0.1) is 15.0 Å². The predicted molar refractivity (Wildman–Crippen MR) is 57.0 cm³/mol. The molecule has 7 nitrogen and oxygen atoms in total. The van der Waals surface area contributed by atoms with Crippen LogP contribution in [0.2, 0.25) is 0 Å². The molecule has 0 fully saturated rings. The number of hydrogen-bond acceptors (Lipinski definition) is 5. The zero-order chi connectivity index (χ0) is 13.1. The lowest BCUT2D eigenvalue weighted by Crippen LogP contribution is -2.04. The Bertz CT molecular complexity index is 584. The van der Waals surface area contributed by atoms with Crippen LogP contribution in [0, 0.1) is 5.82 Å². The van der Waals surface area contributed by atoms with Gasteiger partial charge in [0, 0.05) is 6.07 Å². The van der Waals surface area contributed by atoms with Gasteiger partial charge in [0.25, 0.3) is 0 Å². The summed E-state index contributed by atoms with van der Waals surface area (Å²) in [7, 11) is 1.36. The fraction of sp³-hybridized carbons (Fsp3) is 0.200. The van der Waals surface area contributed by atoms with E-state index in [0.29, 0.717) is 5.69 Å². The van der Waals surface area contributed by atoms with Crippen molar-refractivity contribution in [2.24, 2.45) is 0 Å². The summed E-state index contributed by atoms with van der Waals surface area (Å²) in [4.78, 5) is 11.5. The van der Waals surface area contributed by atoms with Crippen molar-refractivity contribution in [3.05, 3.63) is 29.8 Å². The Morgan fingerprint density at radius 3 is 2.94 bits per heavy atom. The van der Waals surface area contributed by atoms with Crippen LogP contribution in [0.1, 0.15) is 5.82 Å². The van der Waals surface area contributed by atoms with E-state index in [1.807, 2.05) is 0 Å². The molecule has 0 saturated carbocycles. The van der Waals surface area contributed by atoms with E-state index < -0.39 is 11.8 Å². The number of tetrazole rings is 1. The van der Waals surface area contributed by atoms with E-state index in [9.17, 15) is 9.18 Å². The largest absolute Gasteiger partial charge is 0.494 e. The molecule has 1 aromatic carbocycles. The maximum Gasteiger partial charge on any atom is 0.311 e. The molecule has 2 rings (SSSR count). The van der Waals surface area contributed by atoms with Crippen molar-refractivity contribution in [1.29, 1.82) is 0 Å². The second-order valence-corrected chi connectivity index (χ2v) is 3.38. The molecule has 1 aromatic heterocycles. The van der Waals surface area contributed by atoms with Crippen LogP contribution in [0.5, 0.6) is 5.75 Å². The van der Waals surface area contributed by atoms with E-state index in [0.717, 1.165) is 4.80 Å². The third-order valence-corrected chi connectivity index (χ3v) is 2.13. The first-order valence-corrected chi connectivity index (χ1v) is 4.95. The standard InChI is InChI=1S/C10H9FN4O3/c1-18-8-3-2-6(4-7(8)11)15-13-9(12-14-15)5-10(16)17/h2-4H,5H2,1H3,(H,16,17). The van der Waals surface area contributed by atoms with Gasteiger partial charge in [0.1, 0.15) is 6.42 Å². The zero-order valence-corrected chi connectivity index (χ0v) is 9.37. The average molecular weight is 252 g/mol. The van der Waals surface area contributed by atoms with Crippen LogP contribution in [-0.4, -0.2) is 38.4 Å². The van der Waals surface area contributed by atoms with Crippen molar-refractivity contribution in [2.75, 3.05) is 7.11 Å². The molecule has 0 amide bonds. The van der Waals surface area contributed by atoms with Gasteiger partial charge in [0.2, 0.25) is 0 Å². The van der Waals surface area contributed by atoms with Gasteiger partial charge in [0.05, 0.1) is 12.8 Å². The molecule has 2 aromatic rings. The Kier molecular flexibility index (Phi) is 3.18. The number of methoxy groups -OCH3 is 1. The third-order valence-electron chi connectivity index (χ3n) is 2.13. The van der Waals surface area contributed by atoms with Crippen LogP contribution in [0.3, 0.4) is 0 Å². The lowest BCUT2D eigenvalue weighted by molar-refractivity contribution is -0.136. The summed E-state index contributed by atoms with van der Waals surface area (Å²) in [6.45, 7) is 0. The lowest BCUT2D eigenvalue weighted by Gasteiger charge is -2.03. The topological polar surface area (TPSA) is 90.1 Å². The van der Waals surface area contributed by atoms with Crippen LogP contribution in [0.25, 0.3) is 5.69 Å². The molecular weight excluding hydrogens is 243 g/mol. The van der Waals surface area contributed by atoms with Crippen molar-refractivity contribution in [3.8, 4) is 11.4 Å². The number of nitrogens with zero attached hydrogens (tertiary/aromatic N) is 4. The fourth-order valence-corrected chi connectivity index (χ4v) is 1.34. The highest BCUT2D eigenvalue weighted by Gasteiger charge is 2.10. The first kappa shape index (κ1) is 12.0. The number of carbonyl (C=O) groups is 1. The number of aliphatic carboxylic acids is 1. The van der Waals surface area contributed by atoms with Crippen LogP contribution in [0.15, 0.2) is 18.2 Å². The maximum absolute atomic E-state index is 13.4. The monoisotopic (exact) mass is 252 g/mol. The van der Waals surface area contributed by atoms with Gasteiger partial charge in [-0.2, -0.15) is 0 Å². The molecular formula is C10H9FN4O3. The summed E-state index contributed by atoms with van der Waals surface area (Å²) in [6, 6.07) is 4.13. The van der Waals surface area contributed by atoms with Gasteiger partial charge in [-0.25, -0.2) is 4.39 Å². The lowest BCUT2D eigenvalue weighted by atomic mass is 10.3. The Morgan fingerprint density at radius 1 is 1.56 bits per heavy atom. The molecule has 1 heterocycles. The van der Waals surface area contributed by atoms with E-state index in [2.05, 4.69) is 15.4 Å². The van der Waals surface area contributed by atoms with Gasteiger partial charge in [-0.3, -0.25) is 4.79 Å². The molecule has 8 heteroatoms. The highest BCUT2D eigenvalue weighted by molar-refractivity contribution is 5.68. The first-order valence-electron chi connectivity index (χ1n) is 4.95.